The monoisotopic (exact) mass is 415 g/mol. The van der Waals surface area contributed by atoms with Gasteiger partial charge in [-0.05, 0) is 42.8 Å². The number of rotatable bonds is 5. The third-order valence-corrected chi connectivity index (χ3v) is 5.23. The second-order valence-corrected chi connectivity index (χ2v) is 7.21. The van der Waals surface area contributed by atoms with E-state index in [0.29, 0.717) is 27.4 Å². The van der Waals surface area contributed by atoms with Crippen LogP contribution in [0.25, 0.3) is 32.0 Å². The van der Waals surface area contributed by atoms with Crippen molar-refractivity contribution in [3.8, 4) is 38.4 Å². The van der Waals surface area contributed by atoms with Crippen molar-refractivity contribution in [1.29, 1.82) is 0 Å². The van der Waals surface area contributed by atoms with Crippen molar-refractivity contribution in [2.45, 2.75) is 13.5 Å². The van der Waals surface area contributed by atoms with Crippen molar-refractivity contribution in [3.05, 3.63) is 48.3 Å². The Labute approximate surface area is 168 Å². The molecule has 4 aromatic rings. The highest BCUT2D eigenvalue weighted by molar-refractivity contribution is 7.18. The van der Waals surface area contributed by atoms with Crippen LogP contribution in [0.15, 0.2) is 42.7 Å². The van der Waals surface area contributed by atoms with E-state index in [1.165, 1.54) is 17.5 Å². The van der Waals surface area contributed by atoms with Crippen molar-refractivity contribution in [2.75, 3.05) is 7.11 Å². The van der Waals surface area contributed by atoms with E-state index >= 15 is 0 Å². The van der Waals surface area contributed by atoms with Crippen LogP contribution >= 0.6 is 11.3 Å². The number of benzene rings is 2. The van der Waals surface area contributed by atoms with Crippen LogP contribution in [-0.2, 0) is 0 Å². The summed E-state index contributed by atoms with van der Waals surface area (Å²) in [5.74, 6) is 0.489. The number of aromatic nitrogens is 3. The van der Waals surface area contributed by atoms with E-state index in [1.54, 1.807) is 37.6 Å². The summed E-state index contributed by atoms with van der Waals surface area (Å²) in [6, 6.07) is 8.50. The van der Waals surface area contributed by atoms with Gasteiger partial charge in [0.15, 0.2) is 0 Å². The zero-order valence-electron chi connectivity index (χ0n) is 15.4. The number of hydrogen-bond donors (Lipinski definition) is 1. The summed E-state index contributed by atoms with van der Waals surface area (Å²) in [6.45, 7) is -1.09. The van der Waals surface area contributed by atoms with Gasteiger partial charge in [-0.25, -0.2) is 15.0 Å². The molecule has 0 aliphatic heterocycles. The zero-order valence-corrected chi connectivity index (χ0v) is 16.2. The molecule has 6 nitrogen and oxygen atoms in total. The molecule has 0 aliphatic rings. The summed E-state index contributed by atoms with van der Waals surface area (Å²) in [5, 5.41) is 10.5. The highest BCUT2D eigenvalue weighted by Gasteiger charge is 2.16. The number of aromatic hydroxyl groups is 1. The number of nitrogens with zero attached hydrogens (tertiary/aromatic N) is 3. The molecule has 9 heteroatoms. The van der Waals surface area contributed by atoms with Gasteiger partial charge < -0.3 is 14.6 Å². The SMILES string of the molecule is COc1ccc(O)cc1-c1cnc(-c2cc(C)cc3nc(OC(F)F)cnc23)s1. The van der Waals surface area contributed by atoms with Gasteiger partial charge in [-0.1, -0.05) is 0 Å². The Kier molecular flexibility index (Phi) is 4.98. The molecule has 0 aliphatic carbocycles. The zero-order chi connectivity index (χ0) is 20.5. The lowest BCUT2D eigenvalue weighted by Gasteiger charge is -2.08. The third-order valence-electron chi connectivity index (χ3n) is 4.16. The van der Waals surface area contributed by atoms with Gasteiger partial charge in [-0.15, -0.1) is 11.3 Å². The number of hydrogen-bond acceptors (Lipinski definition) is 7. The number of phenols is 1. The van der Waals surface area contributed by atoms with E-state index in [9.17, 15) is 13.9 Å². The van der Waals surface area contributed by atoms with Gasteiger partial charge in [0.25, 0.3) is 0 Å². The Morgan fingerprint density at radius 2 is 1.90 bits per heavy atom. The fraction of sp³-hybridized carbons (Fsp3) is 0.150. The number of halogens is 2. The van der Waals surface area contributed by atoms with E-state index < -0.39 is 6.61 Å². The fourth-order valence-electron chi connectivity index (χ4n) is 2.97. The van der Waals surface area contributed by atoms with Gasteiger partial charge in [0.1, 0.15) is 16.5 Å². The number of phenolic OH excluding ortho intramolecular Hbond substituents is 1. The van der Waals surface area contributed by atoms with Gasteiger partial charge in [0, 0.05) is 17.3 Å². The van der Waals surface area contributed by atoms with Gasteiger partial charge in [0.2, 0.25) is 5.88 Å². The molecule has 0 bridgehead atoms. The minimum Gasteiger partial charge on any atom is -0.508 e. The standard InChI is InChI=1S/C20H15F2N3O3S/c1-10-5-13(18-14(6-10)25-17(9-23-18)28-20(21)22)19-24-8-16(29-19)12-7-11(26)3-4-15(12)27-2/h3-9,20,26H,1-2H3. The molecular weight excluding hydrogens is 400 g/mol. The molecule has 0 saturated heterocycles. The molecule has 0 atom stereocenters. The van der Waals surface area contributed by atoms with Crippen LogP contribution in [0, 0.1) is 6.92 Å². The molecule has 0 spiro atoms. The van der Waals surface area contributed by atoms with Crippen LogP contribution in [0.4, 0.5) is 8.78 Å². The van der Waals surface area contributed by atoms with Crippen LogP contribution in [0.5, 0.6) is 17.4 Å². The van der Waals surface area contributed by atoms with E-state index in [0.717, 1.165) is 16.0 Å². The third kappa shape index (κ3) is 3.81. The molecule has 0 fully saturated rings. The molecule has 0 unspecified atom stereocenters. The Bertz CT molecular complexity index is 1200. The van der Waals surface area contributed by atoms with E-state index in [2.05, 4.69) is 19.7 Å². The molecule has 1 N–H and O–H groups in total. The second-order valence-electron chi connectivity index (χ2n) is 6.18. The molecule has 2 aromatic carbocycles. The van der Waals surface area contributed by atoms with Crippen molar-refractivity contribution < 1.29 is 23.4 Å². The lowest BCUT2D eigenvalue weighted by Crippen LogP contribution is -2.04. The van der Waals surface area contributed by atoms with Gasteiger partial charge in [-0.2, -0.15) is 8.78 Å². The largest absolute Gasteiger partial charge is 0.508 e. The molecular formula is C20H15F2N3O3S. The Balaban J connectivity index is 1.81. The van der Waals surface area contributed by atoms with E-state index in [1.807, 2.05) is 13.0 Å². The van der Waals surface area contributed by atoms with Crippen molar-refractivity contribution in [1.82, 2.24) is 15.0 Å². The number of fused-ring (bicyclic) bond motifs is 1. The summed E-state index contributed by atoms with van der Waals surface area (Å²) < 4.78 is 34.7. The molecule has 0 radical (unpaired) electrons. The van der Waals surface area contributed by atoms with E-state index in [-0.39, 0.29) is 11.6 Å². The predicted octanol–water partition coefficient (Wildman–Crippen LogP) is 5.04. The lowest BCUT2D eigenvalue weighted by atomic mass is 10.1. The van der Waals surface area contributed by atoms with Crippen LogP contribution < -0.4 is 9.47 Å². The smallest absolute Gasteiger partial charge is 0.388 e. The first kappa shape index (κ1) is 19.0. The van der Waals surface area contributed by atoms with Crippen molar-refractivity contribution in [2.24, 2.45) is 0 Å². The number of methoxy groups -OCH3 is 1. The summed E-state index contributed by atoms with van der Waals surface area (Å²) in [4.78, 5) is 13.7. The normalized spacial score (nSPS) is 11.2. The summed E-state index contributed by atoms with van der Waals surface area (Å²) >= 11 is 1.39. The fourth-order valence-corrected chi connectivity index (χ4v) is 3.92. The maximum Gasteiger partial charge on any atom is 0.388 e. The lowest BCUT2D eigenvalue weighted by molar-refractivity contribution is -0.0528. The molecule has 0 amide bonds. The number of thiazole rings is 1. The van der Waals surface area contributed by atoms with Crippen LogP contribution in [0.2, 0.25) is 0 Å². The minimum atomic E-state index is -2.97. The molecule has 2 aromatic heterocycles. The summed E-state index contributed by atoms with van der Waals surface area (Å²) in [7, 11) is 1.56. The molecule has 2 heterocycles. The average Bonchev–Trinajstić information content (AvgIpc) is 3.16. The number of aryl methyl sites for hydroxylation is 1. The van der Waals surface area contributed by atoms with Crippen molar-refractivity contribution >= 4 is 22.4 Å². The summed E-state index contributed by atoms with van der Waals surface area (Å²) in [6.07, 6.45) is 2.85. The molecule has 29 heavy (non-hydrogen) atoms. The second kappa shape index (κ2) is 7.59. The summed E-state index contributed by atoms with van der Waals surface area (Å²) in [5.41, 5.74) is 3.28. The van der Waals surface area contributed by atoms with E-state index in [4.69, 9.17) is 4.74 Å². The Hall–Kier alpha value is -3.33. The Morgan fingerprint density at radius 3 is 2.66 bits per heavy atom. The highest BCUT2D eigenvalue weighted by Crippen LogP contribution is 2.40. The van der Waals surface area contributed by atoms with Crippen LogP contribution in [0.1, 0.15) is 5.56 Å². The number of ether oxygens (including phenoxy) is 2. The van der Waals surface area contributed by atoms with Crippen molar-refractivity contribution in [3.63, 3.8) is 0 Å². The van der Waals surface area contributed by atoms with Crippen LogP contribution in [-0.4, -0.2) is 33.8 Å². The predicted molar refractivity (Wildman–Crippen MR) is 106 cm³/mol. The Morgan fingerprint density at radius 1 is 1.07 bits per heavy atom. The maximum atomic E-state index is 12.5. The minimum absolute atomic E-state index is 0.120. The topological polar surface area (TPSA) is 77.4 Å². The molecule has 4 rings (SSSR count). The number of alkyl halides is 2. The highest BCUT2D eigenvalue weighted by atomic mass is 32.1. The first-order chi connectivity index (χ1) is 13.9. The van der Waals surface area contributed by atoms with Gasteiger partial charge in [-0.3, -0.25) is 0 Å². The first-order valence-electron chi connectivity index (χ1n) is 8.50. The van der Waals surface area contributed by atoms with Crippen LogP contribution in [0.3, 0.4) is 0 Å². The maximum absolute atomic E-state index is 12.5. The average molecular weight is 415 g/mol. The van der Waals surface area contributed by atoms with Gasteiger partial charge >= 0.3 is 6.61 Å². The quantitative estimate of drug-likeness (QED) is 0.492. The van der Waals surface area contributed by atoms with Gasteiger partial charge in [0.05, 0.1) is 29.2 Å². The molecule has 0 saturated carbocycles. The molecule has 148 valence electrons. The first-order valence-corrected chi connectivity index (χ1v) is 9.32.